The Morgan fingerprint density at radius 3 is 2.62 bits per heavy atom. The number of hydrogen-bond acceptors (Lipinski definition) is 4. The summed E-state index contributed by atoms with van der Waals surface area (Å²) in [5.74, 6) is -0.447. The second-order valence-corrected chi connectivity index (χ2v) is 4.48. The molecule has 108 valence electrons. The topological polar surface area (TPSA) is 92.5 Å². The van der Waals surface area contributed by atoms with Crippen LogP contribution in [0.15, 0.2) is 42.5 Å². The Bertz CT molecular complexity index is 698. The van der Waals surface area contributed by atoms with Crippen molar-refractivity contribution in [1.29, 1.82) is 0 Å². The van der Waals surface area contributed by atoms with E-state index in [1.54, 1.807) is 24.3 Å². The summed E-state index contributed by atoms with van der Waals surface area (Å²) < 4.78 is 0. The second kappa shape index (κ2) is 6.15. The molecule has 1 amide bonds. The monoisotopic (exact) mass is 286 g/mol. The van der Waals surface area contributed by atoms with Crippen molar-refractivity contribution in [2.45, 2.75) is 13.5 Å². The molecule has 21 heavy (non-hydrogen) atoms. The standard InChI is InChI=1S/C15H14N2O4/c1-10-12(6-4-8-14(10)17(20)21)15(19)16-13-7-3-2-5-11(13)9-18/h2-8,18H,9H2,1H3,(H,16,19). The number of benzene rings is 2. The molecule has 6 nitrogen and oxygen atoms in total. The van der Waals surface area contributed by atoms with Crippen LogP contribution in [-0.2, 0) is 6.61 Å². The second-order valence-electron chi connectivity index (χ2n) is 4.48. The molecule has 0 saturated carbocycles. The zero-order valence-electron chi connectivity index (χ0n) is 11.4. The summed E-state index contributed by atoms with van der Waals surface area (Å²) in [4.78, 5) is 22.6. The van der Waals surface area contributed by atoms with Crippen LogP contribution in [0.3, 0.4) is 0 Å². The van der Waals surface area contributed by atoms with Crippen LogP contribution in [0.25, 0.3) is 0 Å². The summed E-state index contributed by atoms with van der Waals surface area (Å²) in [6.07, 6.45) is 0. The van der Waals surface area contributed by atoms with E-state index in [1.165, 1.54) is 25.1 Å². The molecule has 0 aliphatic rings. The Kier molecular flexibility index (Phi) is 4.30. The van der Waals surface area contributed by atoms with Crippen LogP contribution >= 0.6 is 0 Å². The number of nitrogens with zero attached hydrogens (tertiary/aromatic N) is 1. The van der Waals surface area contributed by atoms with Crippen LogP contribution in [0, 0.1) is 17.0 Å². The van der Waals surface area contributed by atoms with E-state index in [-0.39, 0.29) is 17.9 Å². The number of hydrogen-bond donors (Lipinski definition) is 2. The number of carbonyl (C=O) groups is 1. The van der Waals surface area contributed by atoms with Crippen molar-refractivity contribution in [3.8, 4) is 0 Å². The summed E-state index contributed by atoms with van der Waals surface area (Å²) in [6, 6.07) is 11.2. The van der Waals surface area contributed by atoms with Gasteiger partial charge < -0.3 is 10.4 Å². The van der Waals surface area contributed by atoms with Crippen molar-refractivity contribution in [3.05, 3.63) is 69.3 Å². The quantitative estimate of drug-likeness (QED) is 0.667. The van der Waals surface area contributed by atoms with Crippen molar-refractivity contribution in [1.82, 2.24) is 0 Å². The van der Waals surface area contributed by atoms with Crippen LogP contribution in [-0.4, -0.2) is 15.9 Å². The molecule has 2 aromatic rings. The van der Waals surface area contributed by atoms with Crippen LogP contribution in [0.2, 0.25) is 0 Å². The number of amides is 1. The van der Waals surface area contributed by atoms with Gasteiger partial charge in [-0.2, -0.15) is 0 Å². The minimum atomic E-state index is -0.520. The number of aliphatic hydroxyl groups is 1. The van der Waals surface area contributed by atoms with E-state index in [1.807, 2.05) is 0 Å². The summed E-state index contributed by atoms with van der Waals surface area (Å²) in [6.45, 7) is 1.33. The highest BCUT2D eigenvalue weighted by atomic mass is 16.6. The third kappa shape index (κ3) is 3.06. The highest BCUT2D eigenvalue weighted by molar-refractivity contribution is 6.06. The summed E-state index contributed by atoms with van der Waals surface area (Å²) in [5, 5.41) is 22.8. The van der Waals surface area contributed by atoms with E-state index in [0.717, 1.165) is 0 Å². The lowest BCUT2D eigenvalue weighted by atomic mass is 10.1. The number of rotatable bonds is 4. The molecule has 6 heteroatoms. The first-order chi connectivity index (χ1) is 10.0. The van der Waals surface area contributed by atoms with Crippen LogP contribution in [0.4, 0.5) is 11.4 Å². The Hall–Kier alpha value is -2.73. The van der Waals surface area contributed by atoms with Crippen molar-refractivity contribution >= 4 is 17.3 Å². The van der Waals surface area contributed by atoms with Crippen molar-refractivity contribution in [2.24, 2.45) is 0 Å². The predicted octanol–water partition coefficient (Wildman–Crippen LogP) is 2.65. The largest absolute Gasteiger partial charge is 0.392 e. The molecule has 0 spiro atoms. The Morgan fingerprint density at radius 2 is 1.95 bits per heavy atom. The van der Waals surface area contributed by atoms with E-state index < -0.39 is 10.8 Å². The Labute approximate surface area is 121 Å². The summed E-state index contributed by atoms with van der Waals surface area (Å²) >= 11 is 0. The van der Waals surface area contributed by atoms with Gasteiger partial charge in [-0.25, -0.2) is 0 Å². The number of anilines is 1. The number of nitro groups is 1. The lowest BCUT2D eigenvalue weighted by Gasteiger charge is -2.10. The molecule has 0 aromatic heterocycles. The van der Waals surface area contributed by atoms with Gasteiger partial charge in [0.1, 0.15) is 0 Å². The molecule has 2 rings (SSSR count). The van der Waals surface area contributed by atoms with Gasteiger partial charge in [-0.15, -0.1) is 0 Å². The van der Waals surface area contributed by atoms with Crippen molar-refractivity contribution in [2.75, 3.05) is 5.32 Å². The van der Waals surface area contributed by atoms with Gasteiger partial charge in [0.2, 0.25) is 0 Å². The van der Waals surface area contributed by atoms with E-state index >= 15 is 0 Å². The lowest BCUT2D eigenvalue weighted by molar-refractivity contribution is -0.385. The van der Waals surface area contributed by atoms with Gasteiger partial charge in [0.05, 0.1) is 11.5 Å². The molecular formula is C15H14N2O4. The van der Waals surface area contributed by atoms with Gasteiger partial charge in [-0.05, 0) is 19.1 Å². The van der Waals surface area contributed by atoms with E-state index in [0.29, 0.717) is 16.8 Å². The number of aliphatic hydroxyl groups excluding tert-OH is 1. The molecule has 0 radical (unpaired) electrons. The number of nitrogens with one attached hydrogen (secondary N) is 1. The van der Waals surface area contributed by atoms with E-state index in [4.69, 9.17) is 0 Å². The van der Waals surface area contributed by atoms with Crippen molar-refractivity contribution < 1.29 is 14.8 Å². The fraction of sp³-hybridized carbons (Fsp3) is 0.133. The molecule has 2 aromatic carbocycles. The first-order valence-electron chi connectivity index (χ1n) is 6.28. The fourth-order valence-corrected chi connectivity index (χ4v) is 2.04. The molecule has 0 aliphatic heterocycles. The molecular weight excluding hydrogens is 272 g/mol. The SMILES string of the molecule is Cc1c(C(=O)Nc2ccccc2CO)cccc1[N+](=O)[O-]. The first kappa shape index (κ1) is 14.7. The maximum Gasteiger partial charge on any atom is 0.273 e. The minimum absolute atomic E-state index is 0.0990. The molecule has 2 N–H and O–H groups in total. The normalized spacial score (nSPS) is 10.2. The smallest absolute Gasteiger partial charge is 0.273 e. The highest BCUT2D eigenvalue weighted by Gasteiger charge is 2.18. The zero-order chi connectivity index (χ0) is 15.4. The summed E-state index contributed by atoms with van der Waals surface area (Å²) in [7, 11) is 0. The molecule has 0 fully saturated rings. The zero-order valence-corrected chi connectivity index (χ0v) is 11.4. The molecule has 0 saturated heterocycles. The van der Waals surface area contributed by atoms with Gasteiger partial charge in [0.15, 0.2) is 0 Å². The predicted molar refractivity (Wildman–Crippen MR) is 78.2 cm³/mol. The Balaban J connectivity index is 2.33. The van der Waals surface area contributed by atoms with Crippen LogP contribution in [0.1, 0.15) is 21.5 Å². The van der Waals surface area contributed by atoms with Gasteiger partial charge >= 0.3 is 0 Å². The third-order valence-electron chi connectivity index (χ3n) is 3.18. The first-order valence-corrected chi connectivity index (χ1v) is 6.28. The highest BCUT2D eigenvalue weighted by Crippen LogP contribution is 2.23. The summed E-state index contributed by atoms with van der Waals surface area (Å²) in [5.41, 5.74) is 1.50. The van der Waals surface area contributed by atoms with Crippen LogP contribution < -0.4 is 5.32 Å². The lowest BCUT2D eigenvalue weighted by Crippen LogP contribution is -2.15. The average molecular weight is 286 g/mol. The van der Waals surface area contributed by atoms with E-state index in [9.17, 15) is 20.0 Å². The minimum Gasteiger partial charge on any atom is -0.392 e. The maximum absolute atomic E-state index is 12.3. The van der Waals surface area contributed by atoms with Gasteiger partial charge in [0.25, 0.3) is 11.6 Å². The van der Waals surface area contributed by atoms with Crippen molar-refractivity contribution in [3.63, 3.8) is 0 Å². The van der Waals surface area contributed by atoms with E-state index in [2.05, 4.69) is 5.32 Å². The van der Waals surface area contributed by atoms with Crippen LogP contribution in [0.5, 0.6) is 0 Å². The molecule has 0 unspecified atom stereocenters. The average Bonchev–Trinajstić information content (AvgIpc) is 2.47. The molecule has 0 atom stereocenters. The number of para-hydroxylation sites is 1. The van der Waals surface area contributed by atoms with Gasteiger partial charge in [-0.3, -0.25) is 14.9 Å². The third-order valence-corrected chi connectivity index (χ3v) is 3.18. The van der Waals surface area contributed by atoms with Gasteiger partial charge in [0, 0.05) is 28.4 Å². The number of carbonyl (C=O) groups excluding carboxylic acids is 1. The maximum atomic E-state index is 12.3. The molecule has 0 aliphatic carbocycles. The molecule has 0 bridgehead atoms. The van der Waals surface area contributed by atoms with Gasteiger partial charge in [-0.1, -0.05) is 24.3 Å². The Morgan fingerprint density at radius 1 is 1.24 bits per heavy atom. The fourth-order valence-electron chi connectivity index (χ4n) is 2.04. The molecule has 0 heterocycles. The number of nitro benzene ring substituents is 1.